The van der Waals surface area contributed by atoms with E-state index in [0.717, 1.165) is 38.5 Å². The van der Waals surface area contributed by atoms with Crippen LogP contribution in [0.15, 0.2) is 0 Å². The number of methoxy groups -OCH3 is 2. The van der Waals surface area contributed by atoms with Gasteiger partial charge in [0.2, 0.25) is 0 Å². The number of rotatable bonds is 6. The van der Waals surface area contributed by atoms with Gasteiger partial charge in [0, 0.05) is 11.8 Å². The largest absolute Gasteiger partial charge is 0.469 e. The van der Waals surface area contributed by atoms with Crippen molar-refractivity contribution in [3.8, 4) is 0 Å². The van der Waals surface area contributed by atoms with Crippen LogP contribution in [0.2, 0.25) is 0 Å². The molecule has 4 bridgehead atoms. The van der Waals surface area contributed by atoms with Gasteiger partial charge in [0.15, 0.2) is 11.6 Å². The summed E-state index contributed by atoms with van der Waals surface area (Å²) in [7, 11) is 2.79. The Balaban J connectivity index is 0.000000171. The van der Waals surface area contributed by atoms with E-state index in [1.54, 1.807) is 0 Å². The highest BCUT2D eigenvalue weighted by Crippen LogP contribution is 2.53. The maximum atomic E-state index is 11.5. The van der Waals surface area contributed by atoms with Crippen molar-refractivity contribution >= 4 is 23.5 Å². The molecule has 8 atom stereocenters. The van der Waals surface area contributed by atoms with Gasteiger partial charge in [0.25, 0.3) is 0 Å². The van der Waals surface area contributed by atoms with Gasteiger partial charge in [-0.2, -0.15) is 0 Å². The summed E-state index contributed by atoms with van der Waals surface area (Å²) in [4.78, 5) is 45.7. The number of esters is 2. The third kappa shape index (κ3) is 4.30. The van der Waals surface area contributed by atoms with Crippen LogP contribution in [0.25, 0.3) is 0 Å². The lowest BCUT2D eigenvalue weighted by Gasteiger charge is -2.26. The molecule has 4 aliphatic carbocycles. The van der Waals surface area contributed by atoms with E-state index in [1.165, 1.54) is 14.2 Å². The molecule has 0 aromatic heterocycles. The Hall–Kier alpha value is -1.80. The Kier molecular flexibility index (Phi) is 7.29. The number of fused-ring (bicyclic) bond motifs is 4. The number of hydrogen-bond donors (Lipinski definition) is 2. The summed E-state index contributed by atoms with van der Waals surface area (Å²) >= 11 is 0. The van der Waals surface area contributed by atoms with E-state index in [0.29, 0.717) is 17.8 Å². The van der Waals surface area contributed by atoms with E-state index in [1.807, 2.05) is 0 Å². The minimum Gasteiger partial charge on any atom is -0.469 e. The van der Waals surface area contributed by atoms with Gasteiger partial charge in [-0.25, -0.2) is 0 Å². The first-order valence-corrected chi connectivity index (χ1v) is 10.8. The minimum atomic E-state index is -0.401. The van der Waals surface area contributed by atoms with E-state index in [9.17, 15) is 19.2 Å². The summed E-state index contributed by atoms with van der Waals surface area (Å²) in [6.07, 6.45) is 5.09. The summed E-state index contributed by atoms with van der Waals surface area (Å²) in [6, 6.07) is 0. The number of hydrogen-bond acceptors (Lipinski definition) is 8. The van der Waals surface area contributed by atoms with Gasteiger partial charge in [0.05, 0.1) is 26.1 Å². The molecule has 0 amide bonds. The summed E-state index contributed by atoms with van der Waals surface area (Å²) in [6.45, 7) is -0.765. The van der Waals surface area contributed by atoms with Crippen molar-refractivity contribution < 1.29 is 38.9 Å². The first kappa shape index (κ1) is 22.9. The van der Waals surface area contributed by atoms with Gasteiger partial charge < -0.3 is 19.7 Å². The van der Waals surface area contributed by atoms with Crippen LogP contribution in [-0.4, -0.2) is 61.2 Å². The number of Topliss-reactive ketones (excluding diaryl/α,β-unsaturated/α-hetero) is 2. The summed E-state index contributed by atoms with van der Waals surface area (Å²) in [5.74, 6) is 0.399. The Morgan fingerprint density at radius 2 is 1.17 bits per heavy atom. The maximum absolute atomic E-state index is 11.5. The number of carbonyl (C=O) groups excluding carboxylic acids is 4. The van der Waals surface area contributed by atoms with Crippen LogP contribution < -0.4 is 0 Å². The van der Waals surface area contributed by atoms with Gasteiger partial charge in [-0.1, -0.05) is 0 Å². The fourth-order valence-electron chi connectivity index (χ4n) is 6.49. The fraction of sp³-hybridized carbons (Fsp3) is 0.818. The zero-order valence-corrected chi connectivity index (χ0v) is 17.6. The lowest BCUT2D eigenvalue weighted by atomic mass is 9.78. The third-order valence-electron chi connectivity index (χ3n) is 7.82. The topological polar surface area (TPSA) is 127 Å². The average Bonchev–Trinajstić information content (AvgIpc) is 3.56. The fourth-order valence-corrected chi connectivity index (χ4v) is 6.49. The predicted octanol–water partition coefficient (Wildman–Crippen LogP) is 0.766. The SMILES string of the molecule is COC(=O)C1CC2CC(C(=O)CO)C1C2.COC(=O)C1CC2CC1CC2C(=O)CO. The predicted molar refractivity (Wildman–Crippen MR) is 104 cm³/mol. The molecule has 8 nitrogen and oxygen atoms in total. The lowest BCUT2D eigenvalue weighted by molar-refractivity contribution is -0.149. The quantitative estimate of drug-likeness (QED) is 0.599. The van der Waals surface area contributed by atoms with Crippen molar-refractivity contribution in [2.45, 2.75) is 38.5 Å². The number of carbonyl (C=O) groups is 4. The first-order valence-electron chi connectivity index (χ1n) is 10.8. The highest BCUT2D eigenvalue weighted by atomic mass is 16.5. The first-order chi connectivity index (χ1) is 14.3. The van der Waals surface area contributed by atoms with Gasteiger partial charge in [-0.15, -0.1) is 0 Å². The zero-order valence-electron chi connectivity index (χ0n) is 17.6. The second-order valence-electron chi connectivity index (χ2n) is 9.19. The zero-order chi connectivity index (χ0) is 22.0. The molecule has 0 aromatic carbocycles. The van der Waals surface area contributed by atoms with Crippen LogP contribution in [0.4, 0.5) is 0 Å². The van der Waals surface area contributed by atoms with Crippen molar-refractivity contribution in [3.63, 3.8) is 0 Å². The maximum Gasteiger partial charge on any atom is 0.308 e. The number of ether oxygens (including phenoxy) is 2. The molecule has 0 aromatic rings. The molecule has 0 aliphatic heterocycles. The normalized spacial score (nSPS) is 38.0. The van der Waals surface area contributed by atoms with Crippen LogP contribution >= 0.6 is 0 Å². The van der Waals surface area contributed by atoms with E-state index in [4.69, 9.17) is 19.7 Å². The number of aliphatic hydroxyl groups is 2. The monoisotopic (exact) mass is 424 g/mol. The van der Waals surface area contributed by atoms with Gasteiger partial charge in [-0.3, -0.25) is 19.2 Å². The summed E-state index contributed by atoms with van der Waals surface area (Å²) < 4.78 is 9.47. The standard InChI is InChI=1S/2C11H16O4/c1-15-11(14)9-4-6-2-7(9)3-8(6)10(13)5-12;1-15-11(14)9-4-6-2-7(9)8(3-6)10(13)5-12/h2*6-9,12H,2-5H2,1H3. The van der Waals surface area contributed by atoms with Gasteiger partial charge in [0.1, 0.15) is 13.2 Å². The molecule has 4 saturated carbocycles. The highest BCUT2D eigenvalue weighted by molar-refractivity contribution is 5.84. The van der Waals surface area contributed by atoms with Gasteiger partial charge in [-0.05, 0) is 62.2 Å². The van der Waals surface area contributed by atoms with Crippen molar-refractivity contribution in [1.29, 1.82) is 0 Å². The molecular weight excluding hydrogens is 392 g/mol. The second-order valence-corrected chi connectivity index (χ2v) is 9.19. The van der Waals surface area contributed by atoms with Crippen LogP contribution in [0.3, 0.4) is 0 Å². The van der Waals surface area contributed by atoms with Crippen LogP contribution in [0.1, 0.15) is 38.5 Å². The second kappa shape index (κ2) is 9.56. The highest BCUT2D eigenvalue weighted by Gasteiger charge is 2.52. The number of aliphatic hydroxyl groups excluding tert-OH is 2. The van der Waals surface area contributed by atoms with Crippen LogP contribution in [0, 0.1) is 47.3 Å². The minimum absolute atomic E-state index is 0.0113. The Morgan fingerprint density at radius 1 is 0.667 bits per heavy atom. The molecule has 30 heavy (non-hydrogen) atoms. The van der Waals surface area contributed by atoms with Crippen LogP contribution in [0.5, 0.6) is 0 Å². The van der Waals surface area contributed by atoms with Crippen molar-refractivity contribution in [2.75, 3.05) is 27.4 Å². The summed E-state index contributed by atoms with van der Waals surface area (Å²) in [5.41, 5.74) is 0. The molecule has 4 fully saturated rings. The Morgan fingerprint density at radius 3 is 1.67 bits per heavy atom. The van der Waals surface area contributed by atoms with E-state index in [2.05, 4.69) is 0 Å². The molecular formula is C22H32O8. The molecule has 8 unspecified atom stereocenters. The lowest BCUT2D eigenvalue weighted by Crippen LogP contribution is -2.33. The van der Waals surface area contributed by atoms with Crippen molar-refractivity contribution in [3.05, 3.63) is 0 Å². The molecule has 4 aliphatic rings. The smallest absolute Gasteiger partial charge is 0.308 e. The van der Waals surface area contributed by atoms with E-state index >= 15 is 0 Å². The molecule has 0 heterocycles. The molecule has 8 heteroatoms. The number of ketones is 2. The third-order valence-corrected chi connectivity index (χ3v) is 7.82. The summed E-state index contributed by atoms with van der Waals surface area (Å²) in [5, 5.41) is 17.6. The molecule has 168 valence electrons. The Labute approximate surface area is 176 Å². The van der Waals surface area contributed by atoms with E-state index < -0.39 is 6.61 Å². The molecule has 0 radical (unpaired) electrons. The molecule has 2 N–H and O–H groups in total. The molecule has 4 rings (SSSR count). The molecule has 0 spiro atoms. The van der Waals surface area contributed by atoms with Crippen molar-refractivity contribution in [1.82, 2.24) is 0 Å². The van der Waals surface area contributed by atoms with Crippen molar-refractivity contribution in [2.24, 2.45) is 47.3 Å². The Bertz CT molecular complexity index is 635. The van der Waals surface area contributed by atoms with E-state index in [-0.39, 0.29) is 59.7 Å². The average molecular weight is 424 g/mol. The molecule has 0 saturated heterocycles. The van der Waals surface area contributed by atoms with Gasteiger partial charge >= 0.3 is 11.9 Å². The van der Waals surface area contributed by atoms with Crippen LogP contribution in [-0.2, 0) is 28.7 Å².